The van der Waals surface area contributed by atoms with Crippen LogP contribution in [-0.4, -0.2) is 22.4 Å². The van der Waals surface area contributed by atoms with E-state index in [-0.39, 0.29) is 12.3 Å². The molecule has 1 aromatic heterocycles. The number of hydrogen-bond acceptors (Lipinski definition) is 4. The molecule has 2 rings (SSSR count). The molecule has 1 aromatic carbocycles. The molecule has 5 heteroatoms. The molecule has 0 aliphatic heterocycles. The van der Waals surface area contributed by atoms with E-state index < -0.39 is 0 Å². The van der Waals surface area contributed by atoms with E-state index in [0.29, 0.717) is 12.1 Å². The van der Waals surface area contributed by atoms with Crippen molar-refractivity contribution in [1.82, 2.24) is 9.97 Å². The summed E-state index contributed by atoms with van der Waals surface area (Å²) in [5.74, 6) is -0.206. The Morgan fingerprint density at radius 3 is 2.53 bits per heavy atom. The van der Waals surface area contributed by atoms with Crippen molar-refractivity contribution in [3.8, 4) is 6.07 Å². The maximum atomic E-state index is 12.4. The third-order valence-electron chi connectivity index (χ3n) is 2.57. The zero-order valence-corrected chi connectivity index (χ0v) is 10.2. The van der Waals surface area contributed by atoms with Crippen LogP contribution in [0.25, 0.3) is 0 Å². The summed E-state index contributed by atoms with van der Waals surface area (Å²) in [7, 11) is 0. The number of hydrogen-bond donors (Lipinski definition) is 0. The summed E-state index contributed by atoms with van der Waals surface area (Å²) in [6.07, 6.45) is 4.59. The quantitative estimate of drug-likeness (QED) is 0.834. The minimum absolute atomic E-state index is 0.206. The SMILES string of the molecule is N#CCCN(C(=O)c1cncnc1)c1ccccc1. The summed E-state index contributed by atoms with van der Waals surface area (Å²) in [4.78, 5) is 21.6. The van der Waals surface area contributed by atoms with Gasteiger partial charge >= 0.3 is 0 Å². The molecule has 0 spiro atoms. The average Bonchev–Trinajstić information content (AvgIpc) is 2.49. The number of anilines is 1. The largest absolute Gasteiger partial charge is 0.307 e. The molecule has 0 saturated carbocycles. The Kier molecular flexibility index (Phi) is 4.19. The van der Waals surface area contributed by atoms with Crippen molar-refractivity contribution in [2.24, 2.45) is 0 Å². The number of benzene rings is 1. The predicted molar refractivity (Wildman–Crippen MR) is 70.4 cm³/mol. The number of aromatic nitrogens is 2. The third-order valence-corrected chi connectivity index (χ3v) is 2.57. The van der Waals surface area contributed by atoms with Crippen LogP contribution in [0, 0.1) is 11.3 Å². The summed E-state index contributed by atoms with van der Waals surface area (Å²) in [5.41, 5.74) is 1.16. The molecule has 0 N–H and O–H groups in total. The van der Waals surface area contributed by atoms with Crippen LogP contribution in [-0.2, 0) is 0 Å². The highest BCUT2D eigenvalue weighted by Gasteiger charge is 2.17. The molecular formula is C14H12N4O. The number of carbonyl (C=O) groups is 1. The number of nitrogens with zero attached hydrogens (tertiary/aromatic N) is 4. The van der Waals surface area contributed by atoms with Crippen LogP contribution in [0.4, 0.5) is 5.69 Å². The second kappa shape index (κ2) is 6.26. The maximum Gasteiger partial charge on any atom is 0.261 e. The van der Waals surface area contributed by atoms with Gasteiger partial charge < -0.3 is 4.90 Å². The Labute approximate surface area is 111 Å². The van der Waals surface area contributed by atoms with Gasteiger partial charge in [-0.1, -0.05) is 18.2 Å². The van der Waals surface area contributed by atoms with Gasteiger partial charge in [0, 0.05) is 24.6 Å². The predicted octanol–water partition coefficient (Wildman–Crippen LogP) is 2.04. The molecule has 0 saturated heterocycles. The molecule has 19 heavy (non-hydrogen) atoms. The first-order valence-electron chi connectivity index (χ1n) is 5.82. The standard InChI is InChI=1S/C14H12N4O/c15-7-4-8-18(13-5-2-1-3-6-13)14(19)12-9-16-11-17-10-12/h1-3,5-6,9-11H,4,8H2. The molecular weight excluding hydrogens is 240 g/mol. The van der Waals surface area contributed by atoms with Gasteiger partial charge in [-0.15, -0.1) is 0 Å². The average molecular weight is 252 g/mol. The monoisotopic (exact) mass is 252 g/mol. The number of para-hydroxylation sites is 1. The highest BCUT2D eigenvalue weighted by atomic mass is 16.2. The van der Waals surface area contributed by atoms with E-state index in [1.807, 2.05) is 36.4 Å². The van der Waals surface area contributed by atoms with Crippen LogP contribution in [0.1, 0.15) is 16.8 Å². The van der Waals surface area contributed by atoms with E-state index in [4.69, 9.17) is 5.26 Å². The molecule has 0 bridgehead atoms. The summed E-state index contributed by atoms with van der Waals surface area (Å²) < 4.78 is 0. The fourth-order valence-electron chi connectivity index (χ4n) is 1.68. The molecule has 94 valence electrons. The van der Waals surface area contributed by atoms with Crippen LogP contribution in [0.2, 0.25) is 0 Å². The molecule has 0 aliphatic carbocycles. The van der Waals surface area contributed by atoms with E-state index >= 15 is 0 Å². The third kappa shape index (κ3) is 3.13. The lowest BCUT2D eigenvalue weighted by molar-refractivity contribution is 0.0986. The zero-order chi connectivity index (χ0) is 13.5. The first kappa shape index (κ1) is 12.7. The summed E-state index contributed by atoms with van der Waals surface area (Å²) in [5, 5.41) is 8.70. The van der Waals surface area contributed by atoms with E-state index in [9.17, 15) is 4.79 Å². The Morgan fingerprint density at radius 2 is 1.89 bits per heavy atom. The highest BCUT2D eigenvalue weighted by Crippen LogP contribution is 2.16. The number of rotatable bonds is 4. The van der Waals surface area contributed by atoms with Crippen LogP contribution in [0.5, 0.6) is 0 Å². The van der Waals surface area contributed by atoms with Gasteiger partial charge in [-0.05, 0) is 12.1 Å². The molecule has 2 aromatic rings. The molecule has 0 aliphatic rings. The van der Waals surface area contributed by atoms with Gasteiger partial charge in [0.1, 0.15) is 6.33 Å². The number of amides is 1. The van der Waals surface area contributed by atoms with Crippen molar-refractivity contribution < 1.29 is 4.79 Å². The fraction of sp³-hybridized carbons (Fsp3) is 0.143. The zero-order valence-electron chi connectivity index (χ0n) is 10.2. The molecule has 0 radical (unpaired) electrons. The van der Waals surface area contributed by atoms with Crippen LogP contribution < -0.4 is 4.90 Å². The van der Waals surface area contributed by atoms with Crippen molar-refractivity contribution in [3.05, 3.63) is 54.6 Å². The summed E-state index contributed by atoms with van der Waals surface area (Å²) in [6.45, 7) is 0.342. The Bertz CT molecular complexity index is 577. The van der Waals surface area contributed by atoms with Gasteiger partial charge in [-0.2, -0.15) is 5.26 Å². The number of nitriles is 1. The van der Waals surface area contributed by atoms with Gasteiger partial charge in [0.25, 0.3) is 5.91 Å². The molecule has 0 fully saturated rings. The second-order valence-electron chi connectivity index (χ2n) is 3.83. The van der Waals surface area contributed by atoms with Crippen LogP contribution in [0.3, 0.4) is 0 Å². The Hall–Kier alpha value is -2.74. The lowest BCUT2D eigenvalue weighted by Crippen LogP contribution is -2.31. The molecule has 0 unspecified atom stereocenters. The normalized spacial score (nSPS) is 9.63. The van der Waals surface area contributed by atoms with E-state index in [1.165, 1.54) is 18.7 Å². The van der Waals surface area contributed by atoms with Crippen molar-refractivity contribution in [3.63, 3.8) is 0 Å². The minimum Gasteiger partial charge on any atom is -0.307 e. The van der Waals surface area contributed by atoms with Crippen molar-refractivity contribution in [2.75, 3.05) is 11.4 Å². The van der Waals surface area contributed by atoms with Crippen molar-refractivity contribution in [2.45, 2.75) is 6.42 Å². The summed E-state index contributed by atoms with van der Waals surface area (Å²) >= 11 is 0. The second-order valence-corrected chi connectivity index (χ2v) is 3.83. The molecule has 0 atom stereocenters. The van der Waals surface area contributed by atoms with Crippen LogP contribution in [0.15, 0.2) is 49.1 Å². The summed E-state index contributed by atoms with van der Waals surface area (Å²) in [6, 6.07) is 11.3. The molecule has 1 amide bonds. The van der Waals surface area contributed by atoms with Gasteiger partial charge in [0.05, 0.1) is 18.1 Å². The lowest BCUT2D eigenvalue weighted by Gasteiger charge is -2.21. The lowest BCUT2D eigenvalue weighted by atomic mass is 10.2. The van der Waals surface area contributed by atoms with E-state index in [0.717, 1.165) is 5.69 Å². The van der Waals surface area contributed by atoms with Crippen molar-refractivity contribution in [1.29, 1.82) is 5.26 Å². The van der Waals surface area contributed by atoms with Crippen molar-refractivity contribution >= 4 is 11.6 Å². The van der Waals surface area contributed by atoms with E-state index in [1.54, 1.807) is 4.90 Å². The maximum absolute atomic E-state index is 12.4. The van der Waals surface area contributed by atoms with Gasteiger partial charge in [0.2, 0.25) is 0 Å². The van der Waals surface area contributed by atoms with Crippen LogP contribution >= 0.6 is 0 Å². The fourth-order valence-corrected chi connectivity index (χ4v) is 1.68. The number of carbonyl (C=O) groups excluding carboxylic acids is 1. The molecule has 5 nitrogen and oxygen atoms in total. The van der Waals surface area contributed by atoms with E-state index in [2.05, 4.69) is 9.97 Å². The smallest absolute Gasteiger partial charge is 0.261 e. The highest BCUT2D eigenvalue weighted by molar-refractivity contribution is 6.05. The first-order valence-corrected chi connectivity index (χ1v) is 5.82. The van der Waals surface area contributed by atoms with Gasteiger partial charge in [-0.25, -0.2) is 9.97 Å². The Morgan fingerprint density at radius 1 is 1.21 bits per heavy atom. The minimum atomic E-state index is -0.206. The van der Waals surface area contributed by atoms with Gasteiger partial charge in [-0.3, -0.25) is 4.79 Å². The first-order chi connectivity index (χ1) is 9.33. The topological polar surface area (TPSA) is 69.9 Å². The van der Waals surface area contributed by atoms with Gasteiger partial charge in [0.15, 0.2) is 0 Å². The Balaban J connectivity index is 2.29. The molecule has 1 heterocycles.